The predicted molar refractivity (Wildman–Crippen MR) is 141 cm³/mol. The van der Waals surface area contributed by atoms with Gasteiger partial charge in [0, 0.05) is 24.0 Å². The number of carbonyl (C=O) groups is 2. The van der Waals surface area contributed by atoms with E-state index in [4.69, 9.17) is 16.3 Å². The number of hydrogen-bond acceptors (Lipinski definition) is 3. The fourth-order valence-electron chi connectivity index (χ4n) is 3.88. The molecule has 0 fully saturated rings. The van der Waals surface area contributed by atoms with Crippen molar-refractivity contribution in [3.63, 3.8) is 0 Å². The van der Waals surface area contributed by atoms with Crippen LogP contribution in [0.1, 0.15) is 36.1 Å². The number of ether oxygens (including phenoxy) is 1. The zero-order chi connectivity index (χ0) is 25.4. The van der Waals surface area contributed by atoms with E-state index in [1.165, 1.54) is 0 Å². The van der Waals surface area contributed by atoms with Gasteiger partial charge in [0.1, 0.15) is 11.8 Å². The molecule has 0 aliphatic heterocycles. The van der Waals surface area contributed by atoms with Crippen molar-refractivity contribution in [1.29, 1.82) is 0 Å². The molecule has 0 heterocycles. The van der Waals surface area contributed by atoms with Crippen LogP contribution in [0.15, 0.2) is 72.8 Å². The quantitative estimate of drug-likeness (QED) is 0.406. The Kier molecular flexibility index (Phi) is 9.32. The van der Waals surface area contributed by atoms with E-state index in [0.29, 0.717) is 23.7 Å². The Bertz CT molecular complexity index is 1150. The lowest BCUT2D eigenvalue weighted by Gasteiger charge is -2.32. The van der Waals surface area contributed by atoms with Gasteiger partial charge in [0.2, 0.25) is 5.91 Å². The molecule has 3 aromatic carbocycles. The van der Waals surface area contributed by atoms with E-state index in [0.717, 1.165) is 22.3 Å². The van der Waals surface area contributed by atoms with Crippen LogP contribution in [-0.4, -0.2) is 35.4 Å². The van der Waals surface area contributed by atoms with Crippen LogP contribution in [0.5, 0.6) is 5.75 Å². The summed E-state index contributed by atoms with van der Waals surface area (Å²) in [5.41, 5.74) is 3.89. The number of carbonyl (C=O) groups excluding carboxylic acids is 2. The molecule has 0 aliphatic rings. The number of rotatable bonds is 10. The summed E-state index contributed by atoms with van der Waals surface area (Å²) in [5.74, 6) is 0.105. The highest BCUT2D eigenvalue weighted by Crippen LogP contribution is 2.22. The van der Waals surface area contributed by atoms with Crippen LogP contribution >= 0.6 is 11.6 Å². The van der Waals surface area contributed by atoms with E-state index in [1.807, 2.05) is 82.3 Å². The largest absolute Gasteiger partial charge is 0.484 e. The average molecular weight is 493 g/mol. The Morgan fingerprint density at radius 3 is 2.31 bits per heavy atom. The van der Waals surface area contributed by atoms with Gasteiger partial charge in [-0.15, -0.1) is 0 Å². The van der Waals surface area contributed by atoms with Gasteiger partial charge in [-0.3, -0.25) is 9.59 Å². The maximum Gasteiger partial charge on any atom is 0.261 e. The molecule has 0 aromatic heterocycles. The van der Waals surface area contributed by atoms with E-state index in [1.54, 1.807) is 23.1 Å². The van der Waals surface area contributed by atoms with Crippen LogP contribution in [0.3, 0.4) is 0 Å². The van der Waals surface area contributed by atoms with Gasteiger partial charge >= 0.3 is 0 Å². The van der Waals surface area contributed by atoms with Crippen molar-refractivity contribution < 1.29 is 14.3 Å². The van der Waals surface area contributed by atoms with Gasteiger partial charge in [0.25, 0.3) is 5.91 Å². The van der Waals surface area contributed by atoms with Gasteiger partial charge in [0.15, 0.2) is 6.61 Å². The Balaban J connectivity index is 1.91. The van der Waals surface area contributed by atoms with Gasteiger partial charge in [-0.1, -0.05) is 71.8 Å². The van der Waals surface area contributed by atoms with Gasteiger partial charge in [-0.05, 0) is 62.6 Å². The third-order valence-corrected chi connectivity index (χ3v) is 6.05. The molecule has 1 N–H and O–H groups in total. The number of nitrogens with zero attached hydrogens (tertiary/aromatic N) is 1. The van der Waals surface area contributed by atoms with E-state index in [2.05, 4.69) is 5.32 Å². The van der Waals surface area contributed by atoms with Crippen molar-refractivity contribution in [2.75, 3.05) is 6.61 Å². The molecule has 3 aromatic rings. The molecular formula is C29H33ClN2O3. The second-order valence-corrected chi connectivity index (χ2v) is 9.49. The number of benzene rings is 3. The summed E-state index contributed by atoms with van der Waals surface area (Å²) in [5, 5.41) is 3.63. The van der Waals surface area contributed by atoms with Crippen LogP contribution < -0.4 is 10.1 Å². The average Bonchev–Trinajstić information content (AvgIpc) is 2.82. The molecule has 5 nitrogen and oxygen atoms in total. The summed E-state index contributed by atoms with van der Waals surface area (Å²) in [4.78, 5) is 28.6. The minimum Gasteiger partial charge on any atom is -0.484 e. The first-order chi connectivity index (χ1) is 16.7. The molecular weight excluding hydrogens is 460 g/mol. The van der Waals surface area contributed by atoms with Crippen LogP contribution in [0, 0.1) is 13.8 Å². The molecule has 0 aliphatic carbocycles. The summed E-state index contributed by atoms with van der Waals surface area (Å²) in [6.45, 7) is 7.83. The smallest absolute Gasteiger partial charge is 0.261 e. The Hall–Kier alpha value is -3.31. The van der Waals surface area contributed by atoms with Gasteiger partial charge in [0.05, 0.1) is 0 Å². The molecule has 0 radical (unpaired) electrons. The highest BCUT2D eigenvalue weighted by molar-refractivity contribution is 6.31. The SMILES string of the molecule is Cc1cccc(CN(C(=O)COc2ccc(Cl)c(C)c2)[C@@H](Cc2ccccc2)C(=O)NC(C)C)c1. The minimum absolute atomic E-state index is 0.0509. The molecule has 0 unspecified atom stereocenters. The number of amides is 2. The summed E-state index contributed by atoms with van der Waals surface area (Å²) in [7, 11) is 0. The lowest BCUT2D eigenvalue weighted by Crippen LogP contribution is -2.52. The van der Waals surface area contributed by atoms with Crippen LogP contribution in [0.2, 0.25) is 5.02 Å². The van der Waals surface area contributed by atoms with Crippen molar-refractivity contribution in [3.05, 3.63) is 100 Å². The van der Waals surface area contributed by atoms with E-state index >= 15 is 0 Å². The molecule has 3 rings (SSSR count). The fraction of sp³-hybridized carbons (Fsp3) is 0.310. The molecule has 35 heavy (non-hydrogen) atoms. The fourth-order valence-corrected chi connectivity index (χ4v) is 3.99. The lowest BCUT2D eigenvalue weighted by atomic mass is 10.0. The second kappa shape index (κ2) is 12.4. The molecule has 0 bridgehead atoms. The van der Waals surface area contributed by atoms with Gasteiger partial charge in [-0.25, -0.2) is 0 Å². The van der Waals surface area contributed by atoms with Crippen LogP contribution in [0.4, 0.5) is 0 Å². The van der Waals surface area contributed by atoms with Gasteiger partial charge < -0.3 is 15.0 Å². The summed E-state index contributed by atoms with van der Waals surface area (Å²) < 4.78 is 5.83. The molecule has 184 valence electrons. The molecule has 0 saturated carbocycles. The van der Waals surface area contributed by atoms with Crippen LogP contribution in [0.25, 0.3) is 0 Å². The highest BCUT2D eigenvalue weighted by atomic mass is 35.5. The van der Waals surface area contributed by atoms with Crippen molar-refractivity contribution >= 4 is 23.4 Å². The van der Waals surface area contributed by atoms with Gasteiger partial charge in [-0.2, -0.15) is 0 Å². The topological polar surface area (TPSA) is 58.6 Å². The van der Waals surface area contributed by atoms with E-state index in [9.17, 15) is 9.59 Å². The number of nitrogens with one attached hydrogen (secondary N) is 1. The maximum atomic E-state index is 13.6. The molecule has 1 atom stereocenters. The Morgan fingerprint density at radius 1 is 0.943 bits per heavy atom. The van der Waals surface area contributed by atoms with Crippen molar-refractivity contribution in [3.8, 4) is 5.75 Å². The van der Waals surface area contributed by atoms with E-state index < -0.39 is 6.04 Å². The standard InChI is InChI=1S/C29H33ClN2O3/c1-20(2)31-29(34)27(17-23-10-6-5-7-11-23)32(18-24-12-8-9-21(3)15-24)28(33)19-35-25-13-14-26(30)22(4)16-25/h5-16,20,27H,17-19H2,1-4H3,(H,31,34)/t27-/m0/s1. The van der Waals surface area contributed by atoms with Crippen molar-refractivity contribution in [1.82, 2.24) is 10.2 Å². The third-order valence-electron chi connectivity index (χ3n) is 5.63. The predicted octanol–water partition coefficient (Wildman–Crippen LogP) is 5.50. The molecule has 2 amide bonds. The Morgan fingerprint density at radius 2 is 1.66 bits per heavy atom. The third kappa shape index (κ3) is 7.86. The minimum atomic E-state index is -0.691. The summed E-state index contributed by atoms with van der Waals surface area (Å²) in [6.07, 6.45) is 0.400. The van der Waals surface area contributed by atoms with Crippen molar-refractivity contribution in [2.24, 2.45) is 0 Å². The second-order valence-electron chi connectivity index (χ2n) is 9.08. The summed E-state index contributed by atoms with van der Waals surface area (Å²) >= 11 is 6.12. The first-order valence-electron chi connectivity index (χ1n) is 11.8. The van der Waals surface area contributed by atoms with Crippen LogP contribution in [-0.2, 0) is 22.6 Å². The normalized spacial score (nSPS) is 11.7. The first kappa shape index (κ1) is 26.3. The zero-order valence-electron chi connectivity index (χ0n) is 20.8. The molecule has 6 heteroatoms. The number of aryl methyl sites for hydroxylation is 2. The highest BCUT2D eigenvalue weighted by Gasteiger charge is 2.31. The maximum absolute atomic E-state index is 13.6. The molecule has 0 spiro atoms. The first-order valence-corrected chi connectivity index (χ1v) is 12.2. The monoisotopic (exact) mass is 492 g/mol. The lowest BCUT2D eigenvalue weighted by molar-refractivity contribution is -0.143. The number of halogens is 1. The van der Waals surface area contributed by atoms with E-state index in [-0.39, 0.29) is 24.5 Å². The molecule has 0 saturated heterocycles. The number of hydrogen-bond donors (Lipinski definition) is 1. The Labute approximate surface area is 213 Å². The van der Waals surface area contributed by atoms with Crippen molar-refractivity contribution in [2.45, 2.75) is 52.7 Å². The zero-order valence-corrected chi connectivity index (χ0v) is 21.5. The summed E-state index contributed by atoms with van der Waals surface area (Å²) in [6, 6.07) is 22.3.